The van der Waals surface area contributed by atoms with Gasteiger partial charge in [0.2, 0.25) is 5.91 Å². The largest absolute Gasteiger partial charge is 0.342 e. The van der Waals surface area contributed by atoms with Gasteiger partial charge in [0, 0.05) is 22.8 Å². The number of carbonyl (C=O) groups excluding carboxylic acids is 2. The van der Waals surface area contributed by atoms with E-state index >= 15 is 0 Å². The molecular weight excluding hydrogens is 458 g/mol. The summed E-state index contributed by atoms with van der Waals surface area (Å²) in [7, 11) is 0. The van der Waals surface area contributed by atoms with Crippen LogP contribution in [0.15, 0.2) is 60.3 Å². The summed E-state index contributed by atoms with van der Waals surface area (Å²) >= 11 is 7.29. The summed E-state index contributed by atoms with van der Waals surface area (Å²) in [5.41, 5.74) is 3.26. The zero-order valence-electron chi connectivity index (χ0n) is 18.8. The summed E-state index contributed by atoms with van der Waals surface area (Å²) < 4.78 is 1.84. The topological polar surface area (TPSA) is 88.9 Å². The maximum absolute atomic E-state index is 12.6. The quantitative estimate of drug-likeness (QED) is 0.332. The van der Waals surface area contributed by atoms with Gasteiger partial charge in [-0.25, -0.2) is 0 Å². The SMILES string of the molecule is C=CCn1c(SCC(=O)Nc2cc(Cl)ccc2C)nnc1[C@H](C)NC(=O)c1ccc(C)cc1. The molecule has 0 saturated heterocycles. The number of amides is 2. The Hall–Kier alpha value is -3.10. The number of halogens is 1. The van der Waals surface area contributed by atoms with Crippen LogP contribution in [0, 0.1) is 13.8 Å². The number of hydrogen-bond donors (Lipinski definition) is 2. The molecule has 0 bridgehead atoms. The monoisotopic (exact) mass is 483 g/mol. The van der Waals surface area contributed by atoms with Crippen molar-refractivity contribution in [2.24, 2.45) is 0 Å². The third kappa shape index (κ3) is 6.46. The summed E-state index contributed by atoms with van der Waals surface area (Å²) in [6.45, 7) is 9.96. The summed E-state index contributed by atoms with van der Waals surface area (Å²) in [4.78, 5) is 25.1. The van der Waals surface area contributed by atoms with E-state index in [9.17, 15) is 9.59 Å². The zero-order chi connectivity index (χ0) is 24.0. The second kappa shape index (κ2) is 11.2. The molecule has 172 valence electrons. The summed E-state index contributed by atoms with van der Waals surface area (Å²) in [6, 6.07) is 12.3. The lowest BCUT2D eigenvalue weighted by Gasteiger charge is -2.15. The first-order chi connectivity index (χ1) is 15.8. The average molecular weight is 484 g/mol. The maximum atomic E-state index is 12.6. The number of benzene rings is 2. The average Bonchev–Trinajstić information content (AvgIpc) is 3.18. The second-order valence-electron chi connectivity index (χ2n) is 7.60. The van der Waals surface area contributed by atoms with Gasteiger partial charge in [-0.3, -0.25) is 9.59 Å². The van der Waals surface area contributed by atoms with Crippen molar-refractivity contribution in [2.45, 2.75) is 38.5 Å². The van der Waals surface area contributed by atoms with Crippen LogP contribution < -0.4 is 10.6 Å². The van der Waals surface area contributed by atoms with Crippen LogP contribution in [-0.2, 0) is 11.3 Å². The van der Waals surface area contributed by atoms with Gasteiger partial charge in [0.25, 0.3) is 5.91 Å². The first-order valence-electron chi connectivity index (χ1n) is 10.4. The third-order valence-electron chi connectivity index (χ3n) is 4.91. The van der Waals surface area contributed by atoms with Crippen LogP contribution in [0.2, 0.25) is 5.02 Å². The molecular formula is C24H26ClN5O2S. The van der Waals surface area contributed by atoms with Crippen LogP contribution in [0.4, 0.5) is 5.69 Å². The van der Waals surface area contributed by atoms with Crippen LogP contribution in [0.5, 0.6) is 0 Å². The van der Waals surface area contributed by atoms with Crippen molar-refractivity contribution in [1.29, 1.82) is 0 Å². The summed E-state index contributed by atoms with van der Waals surface area (Å²) in [5, 5.41) is 15.4. The van der Waals surface area contributed by atoms with E-state index in [0.29, 0.717) is 33.8 Å². The van der Waals surface area contributed by atoms with Gasteiger partial charge in [-0.1, -0.05) is 53.2 Å². The smallest absolute Gasteiger partial charge is 0.251 e. The number of allylic oxidation sites excluding steroid dienone is 1. The second-order valence-corrected chi connectivity index (χ2v) is 8.98. The van der Waals surface area contributed by atoms with Gasteiger partial charge in [0.1, 0.15) is 0 Å². The molecule has 0 aliphatic carbocycles. The van der Waals surface area contributed by atoms with Crippen LogP contribution in [0.25, 0.3) is 0 Å². The molecule has 2 aromatic carbocycles. The number of thioether (sulfide) groups is 1. The van der Waals surface area contributed by atoms with Crippen molar-refractivity contribution in [2.75, 3.05) is 11.1 Å². The Bertz CT molecular complexity index is 1160. The highest BCUT2D eigenvalue weighted by molar-refractivity contribution is 7.99. The van der Waals surface area contributed by atoms with Gasteiger partial charge in [-0.05, 0) is 50.6 Å². The maximum Gasteiger partial charge on any atom is 0.251 e. The van der Waals surface area contributed by atoms with Crippen molar-refractivity contribution < 1.29 is 9.59 Å². The minimum absolute atomic E-state index is 0.144. The zero-order valence-corrected chi connectivity index (χ0v) is 20.3. The molecule has 0 aliphatic rings. The van der Waals surface area contributed by atoms with Crippen LogP contribution >= 0.6 is 23.4 Å². The summed E-state index contributed by atoms with van der Waals surface area (Å²) in [6.07, 6.45) is 1.72. The van der Waals surface area contributed by atoms with Crippen molar-refractivity contribution >= 4 is 40.9 Å². The van der Waals surface area contributed by atoms with E-state index in [1.165, 1.54) is 11.8 Å². The van der Waals surface area contributed by atoms with Crippen LogP contribution in [0.3, 0.4) is 0 Å². The molecule has 33 heavy (non-hydrogen) atoms. The molecule has 3 aromatic rings. The number of anilines is 1. The van der Waals surface area contributed by atoms with Gasteiger partial charge in [0.05, 0.1) is 11.8 Å². The first-order valence-corrected chi connectivity index (χ1v) is 11.7. The van der Waals surface area contributed by atoms with E-state index in [4.69, 9.17) is 11.6 Å². The molecule has 7 nitrogen and oxygen atoms in total. The van der Waals surface area contributed by atoms with E-state index in [1.54, 1.807) is 30.3 Å². The lowest BCUT2D eigenvalue weighted by molar-refractivity contribution is -0.113. The summed E-state index contributed by atoms with van der Waals surface area (Å²) in [5.74, 6) is 0.358. The number of aromatic nitrogens is 3. The minimum atomic E-state index is -0.386. The van der Waals surface area contributed by atoms with Gasteiger partial charge in [-0.2, -0.15) is 0 Å². The number of aryl methyl sites for hydroxylation is 2. The third-order valence-corrected chi connectivity index (χ3v) is 6.11. The molecule has 2 amide bonds. The number of nitrogens with zero attached hydrogens (tertiary/aromatic N) is 3. The van der Waals surface area contributed by atoms with Crippen molar-refractivity contribution in [1.82, 2.24) is 20.1 Å². The van der Waals surface area contributed by atoms with Gasteiger partial charge >= 0.3 is 0 Å². The Morgan fingerprint density at radius 2 is 1.91 bits per heavy atom. The first kappa shape index (κ1) is 24.5. The van der Waals surface area contributed by atoms with E-state index in [0.717, 1.165) is 11.1 Å². The van der Waals surface area contributed by atoms with Crippen molar-refractivity contribution in [3.8, 4) is 0 Å². The number of rotatable bonds is 9. The van der Waals surface area contributed by atoms with E-state index in [2.05, 4.69) is 27.4 Å². The molecule has 0 fully saturated rings. The van der Waals surface area contributed by atoms with Crippen LogP contribution in [-0.4, -0.2) is 32.3 Å². The van der Waals surface area contributed by atoms with Gasteiger partial charge in [0.15, 0.2) is 11.0 Å². The number of carbonyl (C=O) groups is 2. The highest BCUT2D eigenvalue weighted by Crippen LogP contribution is 2.23. The highest BCUT2D eigenvalue weighted by Gasteiger charge is 2.20. The Balaban J connectivity index is 1.67. The van der Waals surface area contributed by atoms with Crippen molar-refractivity contribution in [3.63, 3.8) is 0 Å². The van der Waals surface area contributed by atoms with E-state index < -0.39 is 0 Å². The standard InChI is InChI=1S/C24H26ClN5O2S/c1-5-12-30-22(17(4)26-23(32)18-9-6-15(2)7-10-18)28-29-24(30)33-14-21(31)27-20-13-19(25)11-8-16(20)3/h5-11,13,17H,1,12,14H2,2-4H3,(H,26,32)(H,27,31)/t17-/m0/s1. The Morgan fingerprint density at radius 1 is 1.18 bits per heavy atom. The van der Waals surface area contributed by atoms with Crippen LogP contribution in [0.1, 0.15) is 40.3 Å². The predicted octanol–water partition coefficient (Wildman–Crippen LogP) is 4.96. The molecule has 2 N–H and O–H groups in total. The Morgan fingerprint density at radius 3 is 2.61 bits per heavy atom. The molecule has 0 saturated carbocycles. The fourth-order valence-electron chi connectivity index (χ4n) is 3.12. The number of hydrogen-bond acceptors (Lipinski definition) is 5. The lowest BCUT2D eigenvalue weighted by Crippen LogP contribution is -2.28. The lowest BCUT2D eigenvalue weighted by atomic mass is 10.1. The Labute approximate surface area is 202 Å². The normalized spacial score (nSPS) is 11.6. The van der Waals surface area contributed by atoms with E-state index in [1.807, 2.05) is 43.5 Å². The van der Waals surface area contributed by atoms with Gasteiger partial charge in [-0.15, -0.1) is 16.8 Å². The molecule has 3 rings (SSSR count). The molecule has 1 atom stereocenters. The predicted molar refractivity (Wildman–Crippen MR) is 133 cm³/mol. The minimum Gasteiger partial charge on any atom is -0.342 e. The van der Waals surface area contributed by atoms with E-state index in [-0.39, 0.29) is 23.6 Å². The Kier molecular flexibility index (Phi) is 8.30. The highest BCUT2D eigenvalue weighted by atomic mass is 35.5. The molecule has 0 spiro atoms. The molecule has 0 aliphatic heterocycles. The molecule has 0 unspecified atom stereocenters. The fraction of sp³-hybridized carbons (Fsp3) is 0.250. The molecule has 1 aromatic heterocycles. The fourth-order valence-corrected chi connectivity index (χ4v) is 4.05. The number of nitrogens with one attached hydrogen (secondary N) is 2. The van der Waals surface area contributed by atoms with Crippen molar-refractivity contribution in [3.05, 3.63) is 82.7 Å². The molecule has 1 heterocycles. The molecule has 0 radical (unpaired) electrons. The van der Waals surface area contributed by atoms with Gasteiger partial charge < -0.3 is 15.2 Å². The molecule has 9 heteroatoms.